The topological polar surface area (TPSA) is 0 Å². The van der Waals surface area contributed by atoms with Gasteiger partial charge in [0, 0.05) is 0 Å². The fourth-order valence-electron chi connectivity index (χ4n) is 10.2. The minimum Gasteiger partial charge on any atom is -0.0819 e. The molecule has 0 aromatic heterocycles. The quantitative estimate of drug-likeness (QED) is 0.225. The Labute approximate surface area is 233 Å². The van der Waals surface area contributed by atoms with Crippen LogP contribution in [0.4, 0.5) is 0 Å². The number of allylic oxidation sites excluding steroid dienone is 2. The molecule has 0 N–H and O–H groups in total. The second-order valence-electron chi connectivity index (χ2n) is 14.8. The summed E-state index contributed by atoms with van der Waals surface area (Å²) in [5.41, 5.74) is 1.76. The molecule has 0 heterocycles. The first-order chi connectivity index (χ1) is 18.1. The van der Waals surface area contributed by atoms with E-state index in [0.717, 1.165) is 53.3 Å². The zero-order chi connectivity index (χ0) is 26.0. The molecule has 0 amide bonds. The van der Waals surface area contributed by atoms with Crippen molar-refractivity contribution in [1.82, 2.24) is 0 Å². The van der Waals surface area contributed by atoms with E-state index in [1.54, 1.807) is 31.3 Å². The molecule has 4 saturated carbocycles. The molecule has 5 rings (SSSR count). The van der Waals surface area contributed by atoms with Gasteiger partial charge in [0.05, 0.1) is 0 Å². The monoisotopic (exact) mass is 511 g/mol. The lowest BCUT2D eigenvalue weighted by molar-refractivity contribution is 0.159. The largest absolute Gasteiger partial charge is 0.0819 e. The fraction of sp³-hybridized carbons (Fsp3) is 0.946. The molecule has 5 aliphatic rings. The molecule has 0 nitrogen and oxygen atoms in total. The van der Waals surface area contributed by atoms with E-state index in [2.05, 4.69) is 33.8 Å². The predicted molar refractivity (Wildman–Crippen MR) is 164 cm³/mol. The van der Waals surface area contributed by atoms with Gasteiger partial charge in [0.1, 0.15) is 0 Å². The average Bonchev–Trinajstić information content (AvgIpc) is 3.52. The van der Waals surface area contributed by atoms with Gasteiger partial charge in [-0.3, -0.25) is 0 Å². The van der Waals surface area contributed by atoms with Crippen LogP contribution in [0.5, 0.6) is 0 Å². The van der Waals surface area contributed by atoms with Gasteiger partial charge in [0.2, 0.25) is 0 Å². The van der Waals surface area contributed by atoms with Gasteiger partial charge in [-0.25, -0.2) is 0 Å². The Morgan fingerprint density at radius 2 is 1.32 bits per heavy atom. The molecular formula is C37H66. The van der Waals surface area contributed by atoms with E-state index in [4.69, 9.17) is 0 Å². The summed E-state index contributed by atoms with van der Waals surface area (Å²) in [6.45, 7) is 9.69. The Morgan fingerprint density at radius 3 is 1.95 bits per heavy atom. The summed E-state index contributed by atoms with van der Waals surface area (Å²) in [7, 11) is 0. The van der Waals surface area contributed by atoms with Gasteiger partial charge in [-0.05, 0) is 98.7 Å². The molecule has 0 saturated heterocycles. The van der Waals surface area contributed by atoms with Crippen molar-refractivity contribution in [2.45, 2.75) is 169 Å². The smallest absolute Gasteiger partial charge is 0.0172 e. The Balaban J connectivity index is 0.000000176. The Kier molecular flexibility index (Phi) is 12.5. The molecule has 4 fully saturated rings. The molecule has 5 unspecified atom stereocenters. The van der Waals surface area contributed by atoms with Crippen molar-refractivity contribution >= 4 is 0 Å². The minimum absolute atomic E-state index is 0.948. The SMILES string of the molecule is CCC1CCC(C2CC(C3CCCCC3)C=C2C)CC1.CCCCCC1CCC(C)C1C1CCCCC1. The lowest BCUT2D eigenvalue weighted by Crippen LogP contribution is -2.25. The third-order valence-corrected chi connectivity index (χ3v) is 12.4. The third kappa shape index (κ3) is 8.37. The van der Waals surface area contributed by atoms with E-state index in [0.29, 0.717) is 0 Å². The van der Waals surface area contributed by atoms with E-state index in [1.807, 2.05) is 0 Å². The van der Waals surface area contributed by atoms with Crippen molar-refractivity contribution in [2.24, 2.45) is 53.3 Å². The van der Waals surface area contributed by atoms with Crippen LogP contribution < -0.4 is 0 Å². The summed E-state index contributed by atoms with van der Waals surface area (Å²) in [5, 5.41) is 0. The molecule has 0 bridgehead atoms. The zero-order valence-corrected chi connectivity index (χ0v) is 25.8. The lowest BCUT2D eigenvalue weighted by atomic mass is 9.71. The molecule has 37 heavy (non-hydrogen) atoms. The first-order valence-electron chi connectivity index (χ1n) is 17.8. The first kappa shape index (κ1) is 29.7. The van der Waals surface area contributed by atoms with Crippen LogP contribution in [0, 0.1) is 53.3 Å². The molecule has 0 aromatic rings. The highest BCUT2D eigenvalue weighted by atomic mass is 14.4. The molecule has 214 valence electrons. The van der Waals surface area contributed by atoms with Crippen LogP contribution in [0.3, 0.4) is 0 Å². The van der Waals surface area contributed by atoms with Crippen molar-refractivity contribution in [3.05, 3.63) is 11.6 Å². The summed E-state index contributed by atoms with van der Waals surface area (Å²) in [4.78, 5) is 0. The molecule has 0 heteroatoms. The van der Waals surface area contributed by atoms with Crippen molar-refractivity contribution < 1.29 is 0 Å². The molecule has 5 aliphatic carbocycles. The van der Waals surface area contributed by atoms with Crippen LogP contribution in [-0.2, 0) is 0 Å². The van der Waals surface area contributed by atoms with Gasteiger partial charge in [-0.2, -0.15) is 0 Å². The summed E-state index contributed by atoms with van der Waals surface area (Å²) in [6.07, 6.45) is 35.8. The second kappa shape index (κ2) is 15.5. The maximum atomic E-state index is 2.70. The van der Waals surface area contributed by atoms with E-state index >= 15 is 0 Å². The van der Waals surface area contributed by atoms with Crippen molar-refractivity contribution in [2.75, 3.05) is 0 Å². The van der Waals surface area contributed by atoms with Gasteiger partial charge in [-0.15, -0.1) is 0 Å². The van der Waals surface area contributed by atoms with Crippen LogP contribution in [0.15, 0.2) is 11.6 Å². The van der Waals surface area contributed by atoms with Crippen LogP contribution in [0.25, 0.3) is 0 Å². The summed E-state index contributed by atoms with van der Waals surface area (Å²) in [5.74, 6) is 9.36. The van der Waals surface area contributed by atoms with Gasteiger partial charge in [-0.1, -0.05) is 135 Å². The van der Waals surface area contributed by atoms with Gasteiger partial charge in [0.25, 0.3) is 0 Å². The van der Waals surface area contributed by atoms with Crippen LogP contribution in [0.1, 0.15) is 169 Å². The van der Waals surface area contributed by atoms with Crippen LogP contribution >= 0.6 is 0 Å². The molecule has 0 radical (unpaired) electrons. The van der Waals surface area contributed by atoms with Gasteiger partial charge < -0.3 is 0 Å². The standard InChI is InChI=1S/C20H34.C17H32/c1-3-16-9-11-18(12-10-16)20-14-19(13-15(20)2)17-7-5-4-6-8-17;1-3-4-6-9-16-13-12-14(2)17(16)15-10-7-5-8-11-15/h13,16-20H,3-12,14H2,1-2H3;14-17H,3-13H2,1-2H3. The zero-order valence-electron chi connectivity index (χ0n) is 25.8. The highest BCUT2D eigenvalue weighted by Crippen LogP contribution is 2.49. The molecular weight excluding hydrogens is 444 g/mol. The number of rotatable bonds is 8. The number of hydrogen-bond donors (Lipinski definition) is 0. The molecule has 0 spiro atoms. The van der Waals surface area contributed by atoms with Crippen molar-refractivity contribution in [3.63, 3.8) is 0 Å². The Morgan fingerprint density at radius 1 is 0.676 bits per heavy atom. The lowest BCUT2D eigenvalue weighted by Gasteiger charge is -2.34. The van der Waals surface area contributed by atoms with Crippen molar-refractivity contribution in [3.8, 4) is 0 Å². The van der Waals surface area contributed by atoms with E-state index < -0.39 is 0 Å². The minimum atomic E-state index is 0.948. The molecule has 5 atom stereocenters. The molecule has 0 aliphatic heterocycles. The first-order valence-corrected chi connectivity index (χ1v) is 17.8. The van der Waals surface area contributed by atoms with Crippen LogP contribution in [0.2, 0.25) is 0 Å². The Bertz CT molecular complexity index is 639. The highest BCUT2D eigenvalue weighted by Gasteiger charge is 2.38. The van der Waals surface area contributed by atoms with E-state index in [9.17, 15) is 0 Å². The van der Waals surface area contributed by atoms with Gasteiger partial charge in [0.15, 0.2) is 0 Å². The summed E-state index contributed by atoms with van der Waals surface area (Å²) >= 11 is 0. The summed E-state index contributed by atoms with van der Waals surface area (Å²) in [6, 6.07) is 0. The van der Waals surface area contributed by atoms with Crippen molar-refractivity contribution in [1.29, 1.82) is 0 Å². The number of unbranched alkanes of at least 4 members (excludes halogenated alkanes) is 2. The second-order valence-corrected chi connectivity index (χ2v) is 14.8. The van der Waals surface area contributed by atoms with E-state index in [1.165, 1.54) is 116 Å². The van der Waals surface area contributed by atoms with Crippen LogP contribution in [-0.4, -0.2) is 0 Å². The predicted octanol–water partition coefficient (Wildman–Crippen LogP) is 12.2. The maximum Gasteiger partial charge on any atom is -0.0172 e. The van der Waals surface area contributed by atoms with Gasteiger partial charge >= 0.3 is 0 Å². The molecule has 0 aromatic carbocycles. The average molecular weight is 511 g/mol. The highest BCUT2D eigenvalue weighted by molar-refractivity contribution is 5.16. The Hall–Kier alpha value is -0.260. The fourth-order valence-corrected chi connectivity index (χ4v) is 10.2. The van der Waals surface area contributed by atoms with E-state index in [-0.39, 0.29) is 0 Å². The maximum absolute atomic E-state index is 2.70. The summed E-state index contributed by atoms with van der Waals surface area (Å²) < 4.78 is 0. The third-order valence-electron chi connectivity index (χ3n) is 12.4. The normalized spacial score (nSPS) is 37.7. The number of hydrogen-bond acceptors (Lipinski definition) is 0.